The average molecular weight is 382 g/mol. The van der Waals surface area contributed by atoms with Gasteiger partial charge in [-0.05, 0) is 23.4 Å². The number of aromatic nitrogens is 3. The van der Waals surface area contributed by atoms with Crippen molar-refractivity contribution in [3.63, 3.8) is 0 Å². The molecule has 5 nitrogen and oxygen atoms in total. The van der Waals surface area contributed by atoms with Crippen molar-refractivity contribution in [1.29, 1.82) is 0 Å². The zero-order valence-corrected chi connectivity index (χ0v) is 14.7. The highest BCUT2D eigenvalue weighted by molar-refractivity contribution is 7.98. The van der Waals surface area contributed by atoms with Crippen molar-refractivity contribution in [3.05, 3.63) is 51.6 Å². The zero-order chi connectivity index (χ0) is 18.3. The number of pyridine rings is 1. The summed E-state index contributed by atoms with van der Waals surface area (Å²) in [6.07, 6.45) is -2.64. The number of halogens is 3. The predicted octanol–water partition coefficient (Wildman–Crippen LogP) is 2.58. The third-order valence-electron chi connectivity index (χ3n) is 4.69. The lowest BCUT2D eigenvalue weighted by Crippen LogP contribution is -2.50. The maximum atomic E-state index is 12.6. The third-order valence-corrected chi connectivity index (χ3v) is 5.70. The Kier molecular flexibility index (Phi) is 4.42. The largest absolute Gasteiger partial charge is 0.417 e. The highest BCUT2D eigenvalue weighted by Crippen LogP contribution is 2.31. The monoisotopic (exact) mass is 382 g/mol. The Bertz CT molecular complexity index is 860. The van der Waals surface area contributed by atoms with Crippen LogP contribution in [0.4, 0.5) is 19.0 Å². The first-order chi connectivity index (χ1) is 12.4. The van der Waals surface area contributed by atoms with Crippen LogP contribution in [0.1, 0.15) is 16.8 Å². The summed E-state index contributed by atoms with van der Waals surface area (Å²) in [5, 5.41) is 4.50. The second-order valence-electron chi connectivity index (χ2n) is 6.61. The highest BCUT2D eigenvalue weighted by atomic mass is 32.2. The molecule has 0 aromatic carbocycles. The summed E-state index contributed by atoms with van der Waals surface area (Å²) in [6.45, 7) is 1.83. The Balaban J connectivity index is 1.39. The van der Waals surface area contributed by atoms with Crippen LogP contribution in [0.3, 0.4) is 0 Å². The summed E-state index contributed by atoms with van der Waals surface area (Å²) in [4.78, 5) is 18.0. The number of aryl methyl sites for hydroxylation is 1. The summed E-state index contributed by atoms with van der Waals surface area (Å²) in [7, 11) is 0. The van der Waals surface area contributed by atoms with E-state index >= 15 is 0 Å². The molecule has 0 atom stereocenters. The van der Waals surface area contributed by atoms with Crippen LogP contribution in [-0.4, -0.2) is 33.6 Å². The van der Waals surface area contributed by atoms with Gasteiger partial charge in [0.05, 0.1) is 17.8 Å². The Morgan fingerprint density at radius 2 is 2.08 bits per heavy atom. The zero-order valence-electron chi connectivity index (χ0n) is 13.9. The van der Waals surface area contributed by atoms with E-state index in [2.05, 4.69) is 10.1 Å². The molecule has 1 fully saturated rings. The normalized spacial score (nSPS) is 17.7. The van der Waals surface area contributed by atoms with Gasteiger partial charge in [-0.1, -0.05) is 0 Å². The van der Waals surface area contributed by atoms with Crippen molar-refractivity contribution >= 4 is 17.6 Å². The fourth-order valence-electron chi connectivity index (χ4n) is 3.24. The first-order valence-electron chi connectivity index (χ1n) is 8.36. The fraction of sp³-hybridized carbons (Fsp3) is 0.471. The van der Waals surface area contributed by atoms with E-state index in [1.165, 1.54) is 10.7 Å². The van der Waals surface area contributed by atoms with Gasteiger partial charge in [-0.2, -0.15) is 30.0 Å². The van der Waals surface area contributed by atoms with Crippen LogP contribution in [-0.2, 0) is 24.9 Å². The molecule has 4 heterocycles. The topological polar surface area (TPSA) is 51.0 Å². The van der Waals surface area contributed by atoms with Gasteiger partial charge in [-0.3, -0.25) is 4.79 Å². The Morgan fingerprint density at radius 3 is 2.77 bits per heavy atom. The van der Waals surface area contributed by atoms with E-state index in [9.17, 15) is 18.0 Å². The minimum absolute atomic E-state index is 0.0858. The summed E-state index contributed by atoms with van der Waals surface area (Å²) >= 11 is 1.81. The molecule has 0 radical (unpaired) electrons. The minimum Gasteiger partial charge on any atom is -0.356 e. The minimum atomic E-state index is -4.37. The highest BCUT2D eigenvalue weighted by Gasteiger charge is 2.32. The van der Waals surface area contributed by atoms with Gasteiger partial charge in [0.25, 0.3) is 5.56 Å². The Labute approximate surface area is 152 Å². The number of hydrogen-bond acceptors (Lipinski definition) is 5. The maximum absolute atomic E-state index is 12.6. The molecule has 1 saturated heterocycles. The molecule has 2 aliphatic rings. The molecule has 0 spiro atoms. The van der Waals surface area contributed by atoms with Gasteiger partial charge >= 0.3 is 6.18 Å². The quantitative estimate of drug-likeness (QED) is 0.817. The fourth-order valence-corrected chi connectivity index (χ4v) is 4.19. The van der Waals surface area contributed by atoms with Crippen molar-refractivity contribution in [2.75, 3.05) is 23.7 Å². The summed E-state index contributed by atoms with van der Waals surface area (Å²) in [5.41, 5.74) is 1.20. The van der Waals surface area contributed by atoms with Crippen molar-refractivity contribution in [2.24, 2.45) is 5.92 Å². The van der Waals surface area contributed by atoms with Gasteiger partial charge in [0.15, 0.2) is 0 Å². The molecule has 0 unspecified atom stereocenters. The van der Waals surface area contributed by atoms with E-state index in [0.717, 1.165) is 41.4 Å². The van der Waals surface area contributed by atoms with Gasteiger partial charge in [0.1, 0.15) is 5.82 Å². The van der Waals surface area contributed by atoms with Gasteiger partial charge in [0, 0.05) is 43.4 Å². The van der Waals surface area contributed by atoms with E-state index in [4.69, 9.17) is 0 Å². The van der Waals surface area contributed by atoms with Crippen LogP contribution in [0.25, 0.3) is 0 Å². The summed E-state index contributed by atoms with van der Waals surface area (Å²) < 4.78 is 39.3. The van der Waals surface area contributed by atoms with E-state index in [1.807, 2.05) is 16.7 Å². The predicted molar refractivity (Wildman–Crippen MR) is 93.3 cm³/mol. The van der Waals surface area contributed by atoms with Crippen molar-refractivity contribution < 1.29 is 13.2 Å². The molecule has 138 valence electrons. The standard InChI is InChI=1S/C17H17F3N4OS/c18-17(19,20)13-1-2-15(21-6-13)23-7-11(8-23)9-24-16(25)5-12-10-26-4-3-14(12)22-24/h1-2,5-6,11H,3-4,7-10H2. The molecular formula is C17H17F3N4OS. The molecular weight excluding hydrogens is 365 g/mol. The Morgan fingerprint density at radius 1 is 1.27 bits per heavy atom. The lowest BCUT2D eigenvalue weighted by atomic mass is 10.00. The number of nitrogens with zero attached hydrogens (tertiary/aromatic N) is 4. The number of fused-ring (bicyclic) bond motifs is 1. The molecule has 26 heavy (non-hydrogen) atoms. The summed E-state index contributed by atoms with van der Waals surface area (Å²) in [6, 6.07) is 4.12. The van der Waals surface area contributed by atoms with Crippen molar-refractivity contribution in [2.45, 2.75) is 24.9 Å². The van der Waals surface area contributed by atoms with E-state index < -0.39 is 11.7 Å². The van der Waals surface area contributed by atoms with Crippen LogP contribution >= 0.6 is 11.8 Å². The molecule has 2 aromatic rings. The van der Waals surface area contributed by atoms with E-state index in [1.54, 1.807) is 6.07 Å². The molecule has 9 heteroatoms. The average Bonchev–Trinajstić information content (AvgIpc) is 2.57. The SMILES string of the molecule is O=c1cc2c(nn1CC1CN(c3ccc(C(F)(F)F)cn3)C1)CCSC2. The molecule has 0 bridgehead atoms. The first-order valence-corrected chi connectivity index (χ1v) is 9.51. The number of anilines is 1. The second-order valence-corrected chi connectivity index (χ2v) is 7.72. The van der Waals surface area contributed by atoms with Crippen LogP contribution in [0.15, 0.2) is 29.2 Å². The van der Waals surface area contributed by atoms with Crippen LogP contribution in [0.2, 0.25) is 0 Å². The van der Waals surface area contributed by atoms with E-state index in [-0.39, 0.29) is 11.5 Å². The number of thioether (sulfide) groups is 1. The van der Waals surface area contributed by atoms with Gasteiger partial charge in [-0.15, -0.1) is 0 Å². The lowest BCUT2D eigenvalue weighted by Gasteiger charge is -2.40. The van der Waals surface area contributed by atoms with Gasteiger partial charge in [0.2, 0.25) is 0 Å². The molecule has 0 N–H and O–H groups in total. The lowest BCUT2D eigenvalue weighted by molar-refractivity contribution is -0.137. The molecule has 0 saturated carbocycles. The second kappa shape index (κ2) is 6.61. The molecule has 2 aliphatic heterocycles. The molecule has 2 aromatic heterocycles. The van der Waals surface area contributed by atoms with Crippen LogP contribution in [0.5, 0.6) is 0 Å². The smallest absolute Gasteiger partial charge is 0.356 e. The van der Waals surface area contributed by atoms with Crippen molar-refractivity contribution in [1.82, 2.24) is 14.8 Å². The number of alkyl halides is 3. The third kappa shape index (κ3) is 3.44. The van der Waals surface area contributed by atoms with Crippen LogP contribution < -0.4 is 10.5 Å². The molecule has 0 aliphatic carbocycles. The van der Waals surface area contributed by atoms with Crippen molar-refractivity contribution in [3.8, 4) is 0 Å². The molecule has 0 amide bonds. The maximum Gasteiger partial charge on any atom is 0.417 e. The number of rotatable bonds is 3. The van der Waals surface area contributed by atoms with Gasteiger partial charge in [-0.25, -0.2) is 9.67 Å². The van der Waals surface area contributed by atoms with E-state index in [0.29, 0.717) is 25.5 Å². The summed E-state index contributed by atoms with van der Waals surface area (Å²) in [5.74, 6) is 2.63. The Hall–Kier alpha value is -2.03. The first kappa shape index (κ1) is 17.4. The van der Waals surface area contributed by atoms with Crippen LogP contribution in [0, 0.1) is 5.92 Å². The number of hydrogen-bond donors (Lipinski definition) is 0. The van der Waals surface area contributed by atoms with Gasteiger partial charge < -0.3 is 4.90 Å². The molecule has 4 rings (SSSR count).